The van der Waals surface area contributed by atoms with E-state index in [1.165, 1.54) is 0 Å². The van der Waals surface area contributed by atoms with Gasteiger partial charge < -0.3 is 5.32 Å². The van der Waals surface area contributed by atoms with Gasteiger partial charge in [-0.2, -0.15) is 0 Å². The molecule has 0 unspecified atom stereocenters. The lowest BCUT2D eigenvalue weighted by Crippen LogP contribution is -2.38. The van der Waals surface area contributed by atoms with Gasteiger partial charge >= 0.3 is 0 Å². The van der Waals surface area contributed by atoms with Crippen LogP contribution >= 0.6 is 35.7 Å². The lowest BCUT2D eigenvalue weighted by molar-refractivity contribution is 0.508. The second-order valence-electron chi connectivity index (χ2n) is 2.83. The van der Waals surface area contributed by atoms with Crippen LogP contribution in [0.15, 0.2) is 4.99 Å². The van der Waals surface area contributed by atoms with Crippen molar-refractivity contribution in [3.63, 3.8) is 0 Å². The standard InChI is InChI=1S/C6H12N2S.HI/c1-6(2)4-7-5(8-6)9-3;/h4H2,1-3H3,(H,7,8);1H. The van der Waals surface area contributed by atoms with E-state index in [0.29, 0.717) is 0 Å². The fourth-order valence-electron chi connectivity index (χ4n) is 0.754. The summed E-state index contributed by atoms with van der Waals surface area (Å²) in [7, 11) is 0. The third kappa shape index (κ3) is 2.65. The van der Waals surface area contributed by atoms with Crippen LogP contribution in [0.3, 0.4) is 0 Å². The van der Waals surface area contributed by atoms with Gasteiger partial charge in [-0.25, -0.2) is 0 Å². The van der Waals surface area contributed by atoms with E-state index in [0.717, 1.165) is 11.7 Å². The number of amidine groups is 1. The van der Waals surface area contributed by atoms with Crippen LogP contribution in [0.25, 0.3) is 0 Å². The van der Waals surface area contributed by atoms with E-state index in [1.807, 2.05) is 6.26 Å². The minimum Gasteiger partial charge on any atom is -0.358 e. The van der Waals surface area contributed by atoms with Gasteiger partial charge in [-0.3, -0.25) is 4.99 Å². The van der Waals surface area contributed by atoms with Crippen molar-refractivity contribution in [2.75, 3.05) is 12.8 Å². The molecule has 0 saturated heterocycles. The molecule has 0 spiro atoms. The number of halogens is 1. The summed E-state index contributed by atoms with van der Waals surface area (Å²) >= 11 is 1.67. The average molecular weight is 272 g/mol. The van der Waals surface area contributed by atoms with Crippen LogP contribution in [0.5, 0.6) is 0 Å². The van der Waals surface area contributed by atoms with Crippen LogP contribution in [0.1, 0.15) is 13.8 Å². The molecule has 0 aromatic rings. The molecule has 1 aliphatic rings. The minimum atomic E-state index is 0. The molecular weight excluding hydrogens is 259 g/mol. The van der Waals surface area contributed by atoms with Crippen molar-refractivity contribution in [2.24, 2.45) is 4.99 Å². The summed E-state index contributed by atoms with van der Waals surface area (Å²) in [5, 5.41) is 4.36. The van der Waals surface area contributed by atoms with Gasteiger partial charge in [0.1, 0.15) is 0 Å². The Morgan fingerprint density at radius 1 is 1.60 bits per heavy atom. The number of nitrogens with zero attached hydrogens (tertiary/aromatic N) is 1. The van der Waals surface area contributed by atoms with Gasteiger partial charge in [0.2, 0.25) is 0 Å². The number of rotatable bonds is 0. The molecule has 0 radical (unpaired) electrons. The third-order valence-electron chi connectivity index (χ3n) is 1.26. The number of hydrogen-bond donors (Lipinski definition) is 1. The van der Waals surface area contributed by atoms with E-state index in [-0.39, 0.29) is 29.5 Å². The fourth-order valence-corrected chi connectivity index (χ4v) is 1.33. The molecule has 4 heteroatoms. The van der Waals surface area contributed by atoms with Gasteiger partial charge in [0.05, 0.1) is 12.1 Å². The number of hydrogen-bond acceptors (Lipinski definition) is 3. The zero-order valence-corrected chi connectivity index (χ0v) is 9.62. The molecule has 2 nitrogen and oxygen atoms in total. The first-order valence-corrected chi connectivity index (χ1v) is 4.23. The highest BCUT2D eigenvalue weighted by molar-refractivity contribution is 14.0. The Bertz CT molecular complexity index is 145. The fraction of sp³-hybridized carbons (Fsp3) is 0.833. The summed E-state index contributed by atoms with van der Waals surface area (Å²) in [6.45, 7) is 5.21. The lowest BCUT2D eigenvalue weighted by atomic mass is 10.1. The largest absolute Gasteiger partial charge is 0.358 e. The van der Waals surface area contributed by atoms with Gasteiger partial charge in [-0.15, -0.1) is 24.0 Å². The quantitative estimate of drug-likeness (QED) is 0.679. The molecule has 1 N–H and O–H groups in total. The van der Waals surface area contributed by atoms with Crippen LogP contribution in [0, 0.1) is 0 Å². The van der Waals surface area contributed by atoms with E-state index in [2.05, 4.69) is 24.2 Å². The third-order valence-corrected chi connectivity index (χ3v) is 1.87. The van der Waals surface area contributed by atoms with Crippen molar-refractivity contribution in [3.05, 3.63) is 0 Å². The molecular formula is C6H13IN2S. The van der Waals surface area contributed by atoms with E-state index in [4.69, 9.17) is 0 Å². The normalized spacial score (nSPS) is 20.9. The second kappa shape index (κ2) is 3.80. The predicted octanol–water partition coefficient (Wildman–Crippen LogP) is 1.71. The van der Waals surface area contributed by atoms with Gasteiger partial charge in [-0.05, 0) is 20.1 Å². The summed E-state index contributed by atoms with van der Waals surface area (Å²) in [6, 6.07) is 0. The molecule has 1 heterocycles. The Morgan fingerprint density at radius 2 is 2.20 bits per heavy atom. The maximum atomic E-state index is 4.28. The molecule has 0 saturated carbocycles. The minimum absolute atomic E-state index is 0. The SMILES string of the molecule is CSC1=NCC(C)(C)N1.I. The van der Waals surface area contributed by atoms with Crippen LogP contribution in [-0.2, 0) is 0 Å². The Morgan fingerprint density at radius 3 is 2.40 bits per heavy atom. The summed E-state index contributed by atoms with van der Waals surface area (Å²) in [5.74, 6) is 0. The highest BCUT2D eigenvalue weighted by Gasteiger charge is 2.23. The number of nitrogens with one attached hydrogen (secondary N) is 1. The average Bonchev–Trinajstić information content (AvgIpc) is 2.10. The molecule has 0 amide bonds. The first-order chi connectivity index (χ1) is 4.14. The van der Waals surface area contributed by atoms with Crippen molar-refractivity contribution in [1.29, 1.82) is 0 Å². The van der Waals surface area contributed by atoms with Gasteiger partial charge in [0.15, 0.2) is 5.17 Å². The zero-order valence-electron chi connectivity index (χ0n) is 6.47. The summed E-state index contributed by atoms with van der Waals surface area (Å²) in [5.41, 5.74) is 0.193. The van der Waals surface area contributed by atoms with E-state index < -0.39 is 0 Å². The molecule has 0 bridgehead atoms. The van der Waals surface area contributed by atoms with E-state index in [9.17, 15) is 0 Å². The predicted molar refractivity (Wildman–Crippen MR) is 58.4 cm³/mol. The molecule has 10 heavy (non-hydrogen) atoms. The Balaban J connectivity index is 0.000000810. The molecule has 0 atom stereocenters. The van der Waals surface area contributed by atoms with Gasteiger partial charge in [0.25, 0.3) is 0 Å². The van der Waals surface area contributed by atoms with Crippen LogP contribution in [0.2, 0.25) is 0 Å². The molecule has 1 aliphatic heterocycles. The molecule has 0 fully saturated rings. The van der Waals surface area contributed by atoms with Crippen molar-refractivity contribution in [3.8, 4) is 0 Å². The van der Waals surface area contributed by atoms with Crippen molar-refractivity contribution in [2.45, 2.75) is 19.4 Å². The smallest absolute Gasteiger partial charge is 0.156 e. The van der Waals surface area contributed by atoms with Crippen molar-refractivity contribution >= 4 is 40.9 Å². The first-order valence-electron chi connectivity index (χ1n) is 3.01. The zero-order chi connectivity index (χ0) is 6.91. The molecule has 0 aromatic carbocycles. The molecule has 1 rings (SSSR count). The maximum absolute atomic E-state index is 4.28. The maximum Gasteiger partial charge on any atom is 0.156 e. The highest BCUT2D eigenvalue weighted by Crippen LogP contribution is 2.13. The van der Waals surface area contributed by atoms with Crippen LogP contribution in [0.4, 0.5) is 0 Å². The number of thioether (sulfide) groups is 1. The Labute approximate surface area is 83.3 Å². The van der Waals surface area contributed by atoms with E-state index >= 15 is 0 Å². The van der Waals surface area contributed by atoms with E-state index in [1.54, 1.807) is 11.8 Å². The molecule has 60 valence electrons. The summed E-state index contributed by atoms with van der Waals surface area (Å²) in [4.78, 5) is 4.28. The Kier molecular flexibility index (Phi) is 4.01. The monoisotopic (exact) mass is 272 g/mol. The van der Waals surface area contributed by atoms with Crippen molar-refractivity contribution in [1.82, 2.24) is 5.32 Å². The summed E-state index contributed by atoms with van der Waals surface area (Å²) in [6.07, 6.45) is 2.03. The second-order valence-corrected chi connectivity index (χ2v) is 3.63. The molecule has 0 aliphatic carbocycles. The topological polar surface area (TPSA) is 24.4 Å². The first kappa shape index (κ1) is 10.6. The van der Waals surface area contributed by atoms with Gasteiger partial charge in [0, 0.05) is 0 Å². The van der Waals surface area contributed by atoms with Crippen LogP contribution in [-0.4, -0.2) is 23.5 Å². The van der Waals surface area contributed by atoms with Gasteiger partial charge in [-0.1, -0.05) is 11.8 Å². The summed E-state index contributed by atoms with van der Waals surface area (Å²) < 4.78 is 0. The lowest BCUT2D eigenvalue weighted by Gasteiger charge is -2.17. The van der Waals surface area contributed by atoms with Crippen molar-refractivity contribution < 1.29 is 0 Å². The highest BCUT2D eigenvalue weighted by atomic mass is 127. The van der Waals surface area contributed by atoms with Crippen LogP contribution < -0.4 is 5.32 Å². The Hall–Kier alpha value is 0.550. The molecule has 0 aromatic heterocycles. The number of aliphatic imine (C=N–C) groups is 1.